The van der Waals surface area contributed by atoms with E-state index < -0.39 is 6.09 Å². The van der Waals surface area contributed by atoms with E-state index >= 15 is 0 Å². The number of aryl methyl sites for hydroxylation is 2. The molecule has 2 aromatic heterocycles. The number of aromatic nitrogens is 3. The molecule has 1 saturated heterocycles. The Balaban J connectivity index is 1.69. The van der Waals surface area contributed by atoms with Crippen molar-refractivity contribution in [3.05, 3.63) is 83.4 Å². The van der Waals surface area contributed by atoms with E-state index in [1.54, 1.807) is 34.5 Å². The van der Waals surface area contributed by atoms with Crippen LogP contribution in [0.3, 0.4) is 0 Å². The van der Waals surface area contributed by atoms with Crippen LogP contribution in [0.25, 0.3) is 38.8 Å². The van der Waals surface area contributed by atoms with Crippen molar-refractivity contribution < 1.29 is 19.0 Å². The van der Waals surface area contributed by atoms with Crippen LogP contribution in [0.5, 0.6) is 0 Å². The molecule has 0 spiro atoms. The van der Waals surface area contributed by atoms with Crippen LogP contribution < -0.4 is 10.5 Å². The lowest BCUT2D eigenvalue weighted by Gasteiger charge is -2.30. The molecule has 6 rings (SSSR count). The summed E-state index contributed by atoms with van der Waals surface area (Å²) in [5, 5.41) is 20.5. The summed E-state index contributed by atoms with van der Waals surface area (Å²) in [5.74, 6) is -0.341. The van der Waals surface area contributed by atoms with Crippen molar-refractivity contribution in [1.29, 1.82) is 5.26 Å². The molecule has 0 unspecified atom stereocenters. The number of anilines is 1. The number of imidazole rings is 1. The number of nitriles is 1. The Morgan fingerprint density at radius 2 is 1.88 bits per heavy atom. The molecule has 200 valence electrons. The SMILES string of the molecule is Cc1cc(N2CCOCC2)c(C#N)cc1-n1/c(=N/C(=O)O)n(C)c2cnc3ccc(-c4cccc(F)c4)cc3c21. The third-order valence-corrected chi connectivity index (χ3v) is 7.29. The van der Waals surface area contributed by atoms with Gasteiger partial charge in [0, 0.05) is 25.5 Å². The lowest BCUT2D eigenvalue weighted by atomic mass is 10.0. The molecule has 1 aliphatic heterocycles. The van der Waals surface area contributed by atoms with Gasteiger partial charge in [0.05, 0.1) is 52.9 Å². The van der Waals surface area contributed by atoms with Gasteiger partial charge in [-0.25, -0.2) is 9.18 Å². The van der Waals surface area contributed by atoms with Gasteiger partial charge in [0.2, 0.25) is 5.62 Å². The van der Waals surface area contributed by atoms with E-state index in [1.807, 2.05) is 37.3 Å². The van der Waals surface area contributed by atoms with Crippen LogP contribution in [0, 0.1) is 24.1 Å². The summed E-state index contributed by atoms with van der Waals surface area (Å²) >= 11 is 0. The first-order valence-electron chi connectivity index (χ1n) is 12.8. The predicted molar refractivity (Wildman–Crippen MR) is 149 cm³/mol. The topological polar surface area (TPSA) is 109 Å². The maximum absolute atomic E-state index is 14.0. The number of halogens is 1. The van der Waals surface area contributed by atoms with Crippen molar-refractivity contribution in [2.75, 3.05) is 31.2 Å². The van der Waals surface area contributed by atoms with Crippen LogP contribution in [0.15, 0.2) is 65.8 Å². The number of nitrogens with zero attached hydrogens (tertiary/aromatic N) is 6. The molecule has 1 N–H and O–H groups in total. The summed E-state index contributed by atoms with van der Waals surface area (Å²) in [6, 6.07) is 18.1. The van der Waals surface area contributed by atoms with Crippen LogP contribution in [-0.4, -0.2) is 51.6 Å². The van der Waals surface area contributed by atoms with Crippen molar-refractivity contribution in [2.45, 2.75) is 6.92 Å². The first-order chi connectivity index (χ1) is 19.4. The standard InChI is InChI=1S/C30H25FN6O3/c1-18-12-26(36-8-10-40-11-9-36)21(16-32)15-25(18)37-28-23-14-20(19-4-3-5-22(31)13-19)6-7-24(23)33-17-27(28)35(2)29(37)34-30(38)39/h3-7,12-15,17H,8-11H2,1-2H3,(H,38,39)/b34-29+. The minimum atomic E-state index is -1.35. The summed E-state index contributed by atoms with van der Waals surface area (Å²) in [7, 11) is 1.73. The highest BCUT2D eigenvalue weighted by Gasteiger charge is 2.22. The second-order valence-electron chi connectivity index (χ2n) is 9.69. The molecule has 9 nitrogen and oxygen atoms in total. The van der Waals surface area contributed by atoms with E-state index in [0.29, 0.717) is 59.7 Å². The van der Waals surface area contributed by atoms with Crippen molar-refractivity contribution in [1.82, 2.24) is 14.1 Å². The molecule has 1 amide bonds. The maximum Gasteiger partial charge on any atom is 0.434 e. The molecular formula is C30H25FN6O3. The predicted octanol–water partition coefficient (Wildman–Crippen LogP) is 4.92. The van der Waals surface area contributed by atoms with Gasteiger partial charge in [0.1, 0.15) is 11.9 Å². The van der Waals surface area contributed by atoms with E-state index in [1.165, 1.54) is 12.1 Å². The Kier molecular flexibility index (Phi) is 6.28. The molecule has 1 fully saturated rings. The lowest BCUT2D eigenvalue weighted by molar-refractivity contribution is 0.122. The lowest BCUT2D eigenvalue weighted by Crippen LogP contribution is -2.36. The van der Waals surface area contributed by atoms with Gasteiger partial charge in [0.25, 0.3) is 0 Å². The van der Waals surface area contributed by atoms with Gasteiger partial charge in [-0.15, -0.1) is 4.99 Å². The number of carboxylic acid groups (broad SMARTS) is 1. The number of hydrogen-bond donors (Lipinski definition) is 1. The normalized spacial score (nSPS) is 14.2. The number of benzene rings is 3. The third kappa shape index (κ3) is 4.26. The zero-order chi connectivity index (χ0) is 28.0. The average Bonchev–Trinajstić information content (AvgIpc) is 3.23. The molecule has 0 aliphatic carbocycles. The first kappa shape index (κ1) is 25.3. The minimum Gasteiger partial charge on any atom is -0.463 e. The number of fused-ring (bicyclic) bond motifs is 3. The summed E-state index contributed by atoms with van der Waals surface area (Å²) in [6.07, 6.45) is 0.333. The van der Waals surface area contributed by atoms with Crippen LogP contribution in [-0.2, 0) is 11.8 Å². The number of hydrogen-bond acceptors (Lipinski definition) is 5. The van der Waals surface area contributed by atoms with Gasteiger partial charge < -0.3 is 19.3 Å². The monoisotopic (exact) mass is 536 g/mol. The molecule has 40 heavy (non-hydrogen) atoms. The molecule has 3 heterocycles. The van der Waals surface area contributed by atoms with Gasteiger partial charge in [-0.3, -0.25) is 9.55 Å². The van der Waals surface area contributed by atoms with Crippen molar-refractivity contribution in [3.8, 4) is 22.9 Å². The molecule has 0 bridgehead atoms. The molecule has 0 radical (unpaired) electrons. The maximum atomic E-state index is 14.0. The fourth-order valence-electron chi connectivity index (χ4n) is 5.37. The van der Waals surface area contributed by atoms with Crippen LogP contribution in [0.4, 0.5) is 14.9 Å². The Labute approximate surface area is 228 Å². The van der Waals surface area contributed by atoms with Crippen LogP contribution >= 0.6 is 0 Å². The summed E-state index contributed by atoms with van der Waals surface area (Å²) in [4.78, 5) is 22.5. The van der Waals surface area contributed by atoms with E-state index in [2.05, 4.69) is 20.9 Å². The zero-order valence-corrected chi connectivity index (χ0v) is 21.9. The third-order valence-electron chi connectivity index (χ3n) is 7.29. The molecule has 1 aliphatic rings. The second-order valence-corrected chi connectivity index (χ2v) is 9.69. The molecule has 0 saturated carbocycles. The van der Waals surface area contributed by atoms with E-state index in [0.717, 1.165) is 22.2 Å². The van der Waals surface area contributed by atoms with E-state index in [9.17, 15) is 19.6 Å². The van der Waals surface area contributed by atoms with Gasteiger partial charge in [0.15, 0.2) is 0 Å². The van der Waals surface area contributed by atoms with E-state index in [4.69, 9.17) is 4.74 Å². The largest absolute Gasteiger partial charge is 0.463 e. The first-order valence-corrected chi connectivity index (χ1v) is 12.8. The van der Waals surface area contributed by atoms with Crippen LogP contribution in [0.2, 0.25) is 0 Å². The highest BCUT2D eigenvalue weighted by molar-refractivity contribution is 6.04. The molecule has 5 aromatic rings. The second kappa shape index (κ2) is 9.94. The summed E-state index contributed by atoms with van der Waals surface area (Å²) in [6.45, 7) is 4.44. The molecule has 3 aromatic carbocycles. The summed E-state index contributed by atoms with van der Waals surface area (Å²) < 4.78 is 23.0. The highest BCUT2D eigenvalue weighted by Crippen LogP contribution is 2.33. The minimum absolute atomic E-state index is 0.166. The fourth-order valence-corrected chi connectivity index (χ4v) is 5.37. The summed E-state index contributed by atoms with van der Waals surface area (Å²) in [5.41, 5.74) is 6.40. The van der Waals surface area contributed by atoms with Crippen molar-refractivity contribution in [2.24, 2.45) is 12.0 Å². The molecular weight excluding hydrogens is 511 g/mol. The highest BCUT2D eigenvalue weighted by atomic mass is 19.1. The molecule has 10 heteroatoms. The Hall–Kier alpha value is -5.01. The van der Waals surface area contributed by atoms with Gasteiger partial charge in [-0.05, 0) is 60.0 Å². The Morgan fingerprint density at radius 3 is 2.60 bits per heavy atom. The van der Waals surface area contributed by atoms with Gasteiger partial charge in [-0.2, -0.15) is 5.26 Å². The molecule has 0 atom stereocenters. The number of rotatable bonds is 3. The smallest absolute Gasteiger partial charge is 0.434 e. The number of carbonyl (C=O) groups is 1. The van der Waals surface area contributed by atoms with Crippen LogP contribution in [0.1, 0.15) is 11.1 Å². The number of amides is 1. The zero-order valence-electron chi connectivity index (χ0n) is 21.9. The van der Waals surface area contributed by atoms with E-state index in [-0.39, 0.29) is 11.4 Å². The average molecular weight is 537 g/mol. The Bertz CT molecular complexity index is 1930. The Morgan fingerprint density at radius 1 is 1.10 bits per heavy atom. The number of ether oxygens (including phenoxy) is 1. The van der Waals surface area contributed by atoms with Crippen molar-refractivity contribution >= 4 is 33.7 Å². The fraction of sp³-hybridized carbons (Fsp3) is 0.200. The quantitative estimate of drug-likeness (QED) is 0.351. The van der Waals surface area contributed by atoms with Gasteiger partial charge in [-0.1, -0.05) is 18.2 Å². The number of morpholine rings is 1. The van der Waals surface area contributed by atoms with Crippen molar-refractivity contribution in [3.63, 3.8) is 0 Å². The van der Waals surface area contributed by atoms with Gasteiger partial charge >= 0.3 is 6.09 Å². The number of pyridine rings is 1.